The van der Waals surface area contributed by atoms with Gasteiger partial charge in [-0.15, -0.1) is 0 Å². The Morgan fingerprint density at radius 1 is 1.16 bits per heavy atom. The zero-order valence-corrected chi connectivity index (χ0v) is 18.3. The maximum absolute atomic E-state index is 13.2. The summed E-state index contributed by atoms with van der Waals surface area (Å²) in [5.74, 6) is 0.951. The third-order valence-electron chi connectivity index (χ3n) is 5.94. The molecule has 0 aliphatic carbocycles. The van der Waals surface area contributed by atoms with E-state index >= 15 is 0 Å². The molecule has 2 heterocycles. The lowest BCUT2D eigenvalue weighted by Gasteiger charge is -2.24. The van der Waals surface area contributed by atoms with Gasteiger partial charge in [-0.1, -0.05) is 38.1 Å². The number of fused-ring (bicyclic) bond motifs is 1. The SMILES string of the molecule is COc1ccccc1N1C[C@H](C(=O)N[C@@H](c2nc3ccccc3n2C)C(C)C)CC1=O. The summed E-state index contributed by atoms with van der Waals surface area (Å²) in [5.41, 5.74) is 2.62. The number of nitrogens with zero attached hydrogens (tertiary/aromatic N) is 3. The Bertz CT molecular complexity index is 1120. The summed E-state index contributed by atoms with van der Waals surface area (Å²) in [6.07, 6.45) is 0.178. The van der Waals surface area contributed by atoms with Crippen molar-refractivity contribution in [2.24, 2.45) is 18.9 Å². The van der Waals surface area contributed by atoms with E-state index in [-0.39, 0.29) is 30.2 Å². The molecular weight excluding hydrogens is 392 g/mol. The maximum Gasteiger partial charge on any atom is 0.227 e. The zero-order valence-electron chi connectivity index (χ0n) is 18.3. The summed E-state index contributed by atoms with van der Waals surface area (Å²) in [6, 6.07) is 15.1. The number of hydrogen-bond acceptors (Lipinski definition) is 4. The summed E-state index contributed by atoms with van der Waals surface area (Å²) >= 11 is 0. The van der Waals surface area contributed by atoms with Crippen LogP contribution in [0.4, 0.5) is 5.69 Å². The Labute approximate surface area is 182 Å². The molecule has 1 aliphatic rings. The molecule has 1 saturated heterocycles. The number of aromatic nitrogens is 2. The molecule has 4 rings (SSSR count). The summed E-state index contributed by atoms with van der Waals surface area (Å²) in [5, 5.41) is 3.17. The number of aryl methyl sites for hydroxylation is 1. The second kappa shape index (κ2) is 8.41. The number of imidazole rings is 1. The topological polar surface area (TPSA) is 76.5 Å². The molecular formula is C24H28N4O3. The minimum Gasteiger partial charge on any atom is -0.495 e. The second-order valence-electron chi connectivity index (χ2n) is 8.33. The van der Waals surface area contributed by atoms with Gasteiger partial charge in [0.15, 0.2) is 0 Å². The number of carbonyl (C=O) groups excluding carboxylic acids is 2. The molecule has 1 N–H and O–H groups in total. The van der Waals surface area contributed by atoms with Crippen LogP contribution in [0.3, 0.4) is 0 Å². The molecule has 162 valence electrons. The molecule has 0 spiro atoms. The van der Waals surface area contributed by atoms with Crippen LogP contribution in [0.1, 0.15) is 32.1 Å². The standard InChI is InChI=1S/C24H28N4O3/c1-15(2)22(23-25-17-9-5-6-10-18(17)27(23)3)26-24(30)16-13-21(29)28(14-16)19-11-7-8-12-20(19)31-4/h5-12,15-16,22H,13-14H2,1-4H3,(H,26,30)/t16-,22-/m1/s1. The van der Waals surface area contributed by atoms with E-state index in [0.717, 1.165) is 16.9 Å². The molecule has 7 heteroatoms. The van der Waals surface area contributed by atoms with E-state index in [1.165, 1.54) is 0 Å². The van der Waals surface area contributed by atoms with Gasteiger partial charge in [0.05, 0.1) is 35.8 Å². The Hall–Kier alpha value is -3.35. The van der Waals surface area contributed by atoms with Gasteiger partial charge in [-0.2, -0.15) is 0 Å². The molecule has 1 fully saturated rings. The number of benzene rings is 2. The molecule has 0 saturated carbocycles. The Kier molecular flexibility index (Phi) is 5.67. The fourth-order valence-electron chi connectivity index (χ4n) is 4.21. The lowest BCUT2D eigenvalue weighted by Crippen LogP contribution is -2.38. The molecule has 2 amide bonds. The fourth-order valence-corrected chi connectivity index (χ4v) is 4.21. The molecule has 0 unspecified atom stereocenters. The van der Waals surface area contributed by atoms with Crippen LogP contribution < -0.4 is 15.0 Å². The van der Waals surface area contributed by atoms with Crippen LogP contribution in [0.5, 0.6) is 5.75 Å². The predicted octanol–water partition coefficient (Wildman–Crippen LogP) is 3.45. The first-order chi connectivity index (χ1) is 14.9. The minimum atomic E-state index is -0.423. The summed E-state index contributed by atoms with van der Waals surface area (Å²) in [4.78, 5) is 32.3. The third kappa shape index (κ3) is 3.87. The number of nitrogens with one attached hydrogen (secondary N) is 1. The molecule has 1 aliphatic heterocycles. The smallest absolute Gasteiger partial charge is 0.227 e. The van der Waals surface area contributed by atoms with Crippen LogP contribution in [-0.2, 0) is 16.6 Å². The molecule has 0 bridgehead atoms. The molecule has 7 nitrogen and oxygen atoms in total. The van der Waals surface area contributed by atoms with Gasteiger partial charge in [0.2, 0.25) is 11.8 Å². The van der Waals surface area contributed by atoms with E-state index in [1.807, 2.05) is 60.1 Å². The first-order valence-electron chi connectivity index (χ1n) is 10.6. The Morgan fingerprint density at radius 3 is 2.58 bits per heavy atom. The number of amides is 2. The van der Waals surface area contributed by atoms with E-state index in [2.05, 4.69) is 19.2 Å². The number of ether oxygens (including phenoxy) is 1. The van der Waals surface area contributed by atoms with Gasteiger partial charge in [-0.25, -0.2) is 4.98 Å². The number of rotatable bonds is 6. The largest absolute Gasteiger partial charge is 0.495 e. The van der Waals surface area contributed by atoms with Gasteiger partial charge < -0.3 is 19.5 Å². The monoisotopic (exact) mass is 420 g/mol. The van der Waals surface area contributed by atoms with Crippen molar-refractivity contribution in [1.29, 1.82) is 0 Å². The second-order valence-corrected chi connectivity index (χ2v) is 8.33. The van der Waals surface area contributed by atoms with Crippen molar-refractivity contribution in [2.75, 3.05) is 18.6 Å². The average Bonchev–Trinajstić information content (AvgIpc) is 3.32. The highest BCUT2D eigenvalue weighted by Gasteiger charge is 2.37. The fraction of sp³-hybridized carbons (Fsp3) is 0.375. The number of methoxy groups -OCH3 is 1. The first-order valence-corrected chi connectivity index (χ1v) is 10.6. The molecule has 1 aromatic heterocycles. The molecule has 2 atom stereocenters. The molecule has 2 aromatic carbocycles. The van der Waals surface area contributed by atoms with E-state index < -0.39 is 5.92 Å². The Balaban J connectivity index is 1.55. The maximum atomic E-state index is 13.2. The third-order valence-corrected chi connectivity index (χ3v) is 5.94. The highest BCUT2D eigenvalue weighted by Crippen LogP contribution is 2.33. The van der Waals surface area contributed by atoms with Crippen LogP contribution in [-0.4, -0.2) is 35.0 Å². The van der Waals surface area contributed by atoms with Crippen molar-refractivity contribution in [2.45, 2.75) is 26.3 Å². The van der Waals surface area contributed by atoms with Gasteiger partial charge in [-0.05, 0) is 30.2 Å². The summed E-state index contributed by atoms with van der Waals surface area (Å²) in [7, 11) is 3.54. The van der Waals surface area contributed by atoms with E-state index in [4.69, 9.17) is 9.72 Å². The lowest BCUT2D eigenvalue weighted by molar-refractivity contribution is -0.127. The Morgan fingerprint density at radius 2 is 1.87 bits per heavy atom. The van der Waals surface area contributed by atoms with E-state index in [0.29, 0.717) is 18.0 Å². The number of para-hydroxylation sites is 4. The van der Waals surface area contributed by atoms with Crippen molar-refractivity contribution in [3.63, 3.8) is 0 Å². The van der Waals surface area contributed by atoms with Crippen LogP contribution in [0.25, 0.3) is 11.0 Å². The highest BCUT2D eigenvalue weighted by molar-refractivity contribution is 6.01. The average molecular weight is 421 g/mol. The van der Waals surface area contributed by atoms with Gasteiger partial charge in [0.1, 0.15) is 11.6 Å². The van der Waals surface area contributed by atoms with E-state index in [9.17, 15) is 9.59 Å². The minimum absolute atomic E-state index is 0.0755. The van der Waals surface area contributed by atoms with Gasteiger partial charge in [0, 0.05) is 20.0 Å². The zero-order chi connectivity index (χ0) is 22.1. The summed E-state index contributed by atoms with van der Waals surface area (Å²) < 4.78 is 7.42. The van der Waals surface area contributed by atoms with Crippen molar-refractivity contribution < 1.29 is 14.3 Å². The van der Waals surface area contributed by atoms with E-state index in [1.54, 1.807) is 12.0 Å². The van der Waals surface area contributed by atoms with Crippen molar-refractivity contribution >= 4 is 28.5 Å². The van der Waals surface area contributed by atoms with Crippen molar-refractivity contribution in [3.8, 4) is 5.75 Å². The van der Waals surface area contributed by atoms with Crippen LogP contribution in [0.2, 0.25) is 0 Å². The first kappa shape index (κ1) is 20.9. The van der Waals surface area contributed by atoms with Crippen molar-refractivity contribution in [1.82, 2.24) is 14.9 Å². The normalized spacial score (nSPS) is 17.4. The van der Waals surface area contributed by atoms with Crippen molar-refractivity contribution in [3.05, 3.63) is 54.4 Å². The highest BCUT2D eigenvalue weighted by atomic mass is 16.5. The van der Waals surface area contributed by atoms with Crippen LogP contribution >= 0.6 is 0 Å². The quantitative estimate of drug-likeness (QED) is 0.663. The molecule has 3 aromatic rings. The molecule has 31 heavy (non-hydrogen) atoms. The van der Waals surface area contributed by atoms with Gasteiger partial charge in [0.25, 0.3) is 0 Å². The lowest BCUT2D eigenvalue weighted by atomic mass is 10.0. The van der Waals surface area contributed by atoms with Gasteiger partial charge >= 0.3 is 0 Å². The van der Waals surface area contributed by atoms with Crippen LogP contribution in [0.15, 0.2) is 48.5 Å². The summed E-state index contributed by atoms with van der Waals surface area (Å²) in [6.45, 7) is 4.45. The number of hydrogen-bond donors (Lipinski definition) is 1. The van der Waals surface area contributed by atoms with Crippen LogP contribution in [0, 0.1) is 11.8 Å². The number of carbonyl (C=O) groups is 2. The molecule has 0 radical (unpaired) electrons. The predicted molar refractivity (Wildman–Crippen MR) is 120 cm³/mol. The van der Waals surface area contributed by atoms with Gasteiger partial charge in [-0.3, -0.25) is 9.59 Å². The number of anilines is 1.